The summed E-state index contributed by atoms with van der Waals surface area (Å²) >= 11 is 0. The van der Waals surface area contributed by atoms with Gasteiger partial charge >= 0.3 is 12.4 Å². The van der Waals surface area contributed by atoms with E-state index in [0.29, 0.717) is 50.9 Å². The van der Waals surface area contributed by atoms with Crippen LogP contribution in [0.3, 0.4) is 0 Å². The van der Waals surface area contributed by atoms with Crippen LogP contribution < -0.4 is 10.6 Å². The molecule has 2 N–H and O–H groups in total. The number of amides is 1. The van der Waals surface area contributed by atoms with Crippen LogP contribution in [0.1, 0.15) is 70.6 Å². The number of halogens is 8. The quantitative estimate of drug-likeness (QED) is 0.170. The molecule has 0 aromatic heterocycles. The minimum Gasteiger partial charge on any atom is -0.342 e. The van der Waals surface area contributed by atoms with Gasteiger partial charge in [0.1, 0.15) is 11.6 Å². The summed E-state index contributed by atoms with van der Waals surface area (Å²) in [6.45, 7) is 0.868. The Kier molecular flexibility index (Phi) is 10.4. The van der Waals surface area contributed by atoms with Crippen LogP contribution in [0.15, 0.2) is 66.7 Å². The van der Waals surface area contributed by atoms with E-state index in [1.165, 1.54) is 24.3 Å². The maximum atomic E-state index is 13.5. The molecule has 236 valence electrons. The lowest BCUT2D eigenvalue weighted by Crippen LogP contribution is -2.46. The topological polar surface area (TPSA) is 58.2 Å². The molecule has 4 nitrogen and oxygen atoms in total. The van der Waals surface area contributed by atoms with Crippen LogP contribution in [-0.2, 0) is 17.1 Å². The first-order valence-electron chi connectivity index (χ1n) is 14.1. The molecule has 0 bridgehead atoms. The highest BCUT2D eigenvalue weighted by atomic mass is 19.4. The van der Waals surface area contributed by atoms with E-state index in [2.05, 4.69) is 10.6 Å². The molecule has 44 heavy (non-hydrogen) atoms. The predicted molar refractivity (Wildman–Crippen MR) is 147 cm³/mol. The summed E-state index contributed by atoms with van der Waals surface area (Å²) in [6, 6.07) is 11.3. The van der Waals surface area contributed by atoms with Gasteiger partial charge in [-0.05, 0) is 85.3 Å². The van der Waals surface area contributed by atoms with Gasteiger partial charge in [-0.1, -0.05) is 30.7 Å². The average Bonchev–Trinajstić information content (AvgIpc) is 3.50. The van der Waals surface area contributed by atoms with Gasteiger partial charge in [-0.3, -0.25) is 9.59 Å². The molecule has 0 radical (unpaired) electrons. The number of carbonyl (C=O) groups is 2. The number of ketones is 1. The van der Waals surface area contributed by atoms with Gasteiger partial charge < -0.3 is 10.6 Å². The fourth-order valence-electron chi connectivity index (χ4n) is 5.45. The third kappa shape index (κ3) is 8.64. The summed E-state index contributed by atoms with van der Waals surface area (Å²) in [5.74, 6) is -3.04. The number of benzene rings is 3. The van der Waals surface area contributed by atoms with Crippen LogP contribution in [0.25, 0.3) is 0 Å². The molecule has 1 heterocycles. The van der Waals surface area contributed by atoms with Crippen LogP contribution in [0.5, 0.6) is 0 Å². The number of hydrogen-bond acceptors (Lipinski definition) is 3. The molecule has 0 aliphatic carbocycles. The Balaban J connectivity index is 1.46. The average molecular weight is 627 g/mol. The van der Waals surface area contributed by atoms with Crippen molar-refractivity contribution in [3.05, 3.63) is 106 Å². The Morgan fingerprint density at radius 2 is 1.32 bits per heavy atom. The lowest BCUT2D eigenvalue weighted by molar-refractivity contribution is -0.143. The first-order chi connectivity index (χ1) is 20.7. The fraction of sp³-hybridized carbons (Fsp3) is 0.375. The van der Waals surface area contributed by atoms with Gasteiger partial charge in [-0.15, -0.1) is 0 Å². The Labute approximate surface area is 248 Å². The summed E-state index contributed by atoms with van der Waals surface area (Å²) in [7, 11) is 0. The van der Waals surface area contributed by atoms with Crippen LogP contribution in [0.2, 0.25) is 0 Å². The Morgan fingerprint density at radius 3 is 1.77 bits per heavy atom. The molecule has 2 unspecified atom stereocenters. The third-order valence-corrected chi connectivity index (χ3v) is 7.76. The monoisotopic (exact) mass is 626 g/mol. The molecular formula is C32H30F8N2O2. The molecule has 1 saturated heterocycles. The third-order valence-electron chi connectivity index (χ3n) is 7.76. The highest BCUT2D eigenvalue weighted by Crippen LogP contribution is 2.36. The zero-order chi connectivity index (χ0) is 32.1. The van der Waals surface area contributed by atoms with Gasteiger partial charge in [-0.2, -0.15) is 26.3 Å². The number of unbranched alkanes of at least 4 members (excludes halogenated alkanes) is 1. The van der Waals surface area contributed by atoms with Crippen LogP contribution in [0, 0.1) is 17.6 Å². The second kappa shape index (κ2) is 13.9. The largest absolute Gasteiger partial charge is 0.416 e. The van der Waals surface area contributed by atoms with E-state index in [1.807, 2.05) is 0 Å². The SMILES string of the molecule is O=C(NC(C(=O)CCCCC(c1ccc(F)cc1)c1ccc(F)cc1)C1CCNC1)c1cc(C(F)(F)F)cc(C(F)(F)F)c1. The summed E-state index contributed by atoms with van der Waals surface area (Å²) in [6.07, 6.45) is -8.37. The van der Waals surface area contributed by atoms with E-state index in [0.717, 1.165) is 11.1 Å². The number of rotatable bonds is 11. The zero-order valence-corrected chi connectivity index (χ0v) is 23.4. The molecular weight excluding hydrogens is 596 g/mol. The first-order valence-corrected chi connectivity index (χ1v) is 14.1. The van der Waals surface area contributed by atoms with Gasteiger partial charge in [0.25, 0.3) is 5.91 Å². The van der Waals surface area contributed by atoms with Crippen molar-refractivity contribution < 1.29 is 44.7 Å². The second-order valence-corrected chi connectivity index (χ2v) is 10.9. The van der Waals surface area contributed by atoms with Gasteiger partial charge in [0.15, 0.2) is 5.78 Å². The van der Waals surface area contributed by atoms with Crippen molar-refractivity contribution in [1.29, 1.82) is 0 Å². The molecule has 1 amide bonds. The molecule has 0 saturated carbocycles. The number of alkyl halides is 6. The van der Waals surface area contributed by atoms with Crippen molar-refractivity contribution in [3.8, 4) is 0 Å². The molecule has 2 atom stereocenters. The number of nitrogens with one attached hydrogen (secondary N) is 2. The summed E-state index contributed by atoms with van der Waals surface area (Å²) in [5, 5.41) is 5.46. The maximum absolute atomic E-state index is 13.5. The lowest BCUT2D eigenvalue weighted by Gasteiger charge is -2.24. The standard InChI is InChI=1S/C32H30F8N2O2/c33-25-9-5-19(6-10-25)27(20-7-11-26(34)12-8-20)3-1-2-4-28(43)29(21-13-14-41-18-21)42-30(44)22-15-23(31(35,36)37)17-24(16-22)32(38,39)40/h5-12,15-17,21,27,29,41H,1-4,13-14,18H2,(H,42,44). The van der Waals surface area contributed by atoms with Crippen molar-refractivity contribution in [2.45, 2.75) is 56.4 Å². The first kappa shape index (κ1) is 33.1. The minimum atomic E-state index is -5.12. The van der Waals surface area contributed by atoms with Crippen LogP contribution >= 0.6 is 0 Å². The lowest BCUT2D eigenvalue weighted by atomic mass is 9.86. The molecule has 3 aromatic rings. The molecule has 3 aromatic carbocycles. The van der Waals surface area contributed by atoms with Crippen molar-refractivity contribution in [2.24, 2.45) is 5.92 Å². The predicted octanol–water partition coefficient (Wildman–Crippen LogP) is 7.67. The van der Waals surface area contributed by atoms with Gasteiger partial charge in [0.2, 0.25) is 0 Å². The molecule has 1 fully saturated rings. The van der Waals surface area contributed by atoms with Crippen molar-refractivity contribution in [2.75, 3.05) is 13.1 Å². The normalized spacial score (nSPS) is 16.2. The number of Topliss-reactive ketones (excluding diaryl/α,β-unsaturated/α-hetero) is 1. The highest BCUT2D eigenvalue weighted by molar-refractivity contribution is 5.98. The second-order valence-electron chi connectivity index (χ2n) is 10.9. The molecule has 0 spiro atoms. The summed E-state index contributed by atoms with van der Waals surface area (Å²) in [5.41, 5.74) is -2.51. The van der Waals surface area contributed by atoms with E-state index >= 15 is 0 Å². The van der Waals surface area contributed by atoms with Gasteiger partial charge in [-0.25, -0.2) is 8.78 Å². The molecule has 4 rings (SSSR count). The molecule has 1 aliphatic rings. The van der Waals surface area contributed by atoms with E-state index in [9.17, 15) is 44.7 Å². The van der Waals surface area contributed by atoms with Crippen LogP contribution in [0.4, 0.5) is 35.1 Å². The zero-order valence-electron chi connectivity index (χ0n) is 23.4. The molecule has 12 heteroatoms. The van der Waals surface area contributed by atoms with E-state index < -0.39 is 64.3 Å². The smallest absolute Gasteiger partial charge is 0.342 e. The van der Waals surface area contributed by atoms with Gasteiger partial charge in [0, 0.05) is 24.4 Å². The van der Waals surface area contributed by atoms with E-state index in [4.69, 9.17) is 0 Å². The Hall–Kier alpha value is -3.80. The molecule has 1 aliphatic heterocycles. The number of hydrogen-bond donors (Lipinski definition) is 2. The highest BCUT2D eigenvalue weighted by Gasteiger charge is 2.38. The Bertz CT molecular complexity index is 1350. The van der Waals surface area contributed by atoms with Crippen molar-refractivity contribution >= 4 is 11.7 Å². The fourth-order valence-corrected chi connectivity index (χ4v) is 5.45. The van der Waals surface area contributed by atoms with E-state index in [1.54, 1.807) is 24.3 Å². The summed E-state index contributed by atoms with van der Waals surface area (Å²) < 4.78 is 107. The number of carbonyl (C=O) groups excluding carboxylic acids is 2. The van der Waals surface area contributed by atoms with Gasteiger partial charge in [0.05, 0.1) is 17.2 Å². The maximum Gasteiger partial charge on any atom is 0.416 e. The van der Waals surface area contributed by atoms with E-state index in [-0.39, 0.29) is 18.4 Å². The minimum absolute atomic E-state index is 0.00259. The Morgan fingerprint density at radius 1 is 0.795 bits per heavy atom. The van der Waals surface area contributed by atoms with Crippen molar-refractivity contribution in [3.63, 3.8) is 0 Å². The van der Waals surface area contributed by atoms with Crippen molar-refractivity contribution in [1.82, 2.24) is 10.6 Å². The van der Waals surface area contributed by atoms with Crippen LogP contribution in [-0.4, -0.2) is 30.8 Å². The summed E-state index contributed by atoms with van der Waals surface area (Å²) in [4.78, 5) is 26.3.